The van der Waals surface area contributed by atoms with Crippen LogP contribution in [0.25, 0.3) is 11.0 Å². The van der Waals surface area contributed by atoms with Crippen LogP contribution in [0.4, 0.5) is 0 Å². The first kappa shape index (κ1) is 15.8. The number of ketones is 1. The van der Waals surface area contributed by atoms with E-state index in [1.807, 2.05) is 66.2 Å². The lowest BCUT2D eigenvalue weighted by molar-refractivity contribution is -0.0000118. The van der Waals surface area contributed by atoms with Crippen LogP contribution in [0.1, 0.15) is 10.4 Å². The number of imidazole rings is 1. The molecule has 3 rings (SSSR count). The zero-order valence-corrected chi connectivity index (χ0v) is 13.9. The van der Waals surface area contributed by atoms with Crippen molar-refractivity contribution in [2.24, 2.45) is 7.05 Å². The first-order chi connectivity index (χ1) is 9.75. The average molecular weight is 362 g/mol. The van der Waals surface area contributed by atoms with E-state index in [0.717, 1.165) is 21.8 Å². The number of hydrogen-bond acceptors (Lipinski definition) is 3. The third-order valence-electron chi connectivity index (χ3n) is 3.17. The Morgan fingerprint density at radius 2 is 1.76 bits per heavy atom. The van der Waals surface area contributed by atoms with E-state index in [-0.39, 0.29) is 22.8 Å². The Kier molecular flexibility index (Phi) is 5.20. The lowest BCUT2D eigenvalue weighted by atomic mass is 10.2. The molecule has 0 aliphatic heterocycles. The third kappa shape index (κ3) is 3.36. The Balaban J connectivity index is 0.00000161. The number of nitrogens with zero attached hydrogens (tertiary/aromatic N) is 2. The Hall–Kier alpha value is -1.59. The van der Waals surface area contributed by atoms with Crippen molar-refractivity contribution >= 4 is 28.6 Å². The molecule has 0 fully saturated rings. The molecule has 0 aliphatic carbocycles. The summed E-state index contributed by atoms with van der Waals surface area (Å²) in [6.45, 7) is 0. The van der Waals surface area contributed by atoms with Crippen LogP contribution in [-0.2, 0) is 7.05 Å². The van der Waals surface area contributed by atoms with Gasteiger partial charge in [0.2, 0.25) is 0 Å². The van der Waals surface area contributed by atoms with Crippen LogP contribution < -0.4 is 17.0 Å². The zero-order valence-electron chi connectivity index (χ0n) is 11.5. The largest absolute Gasteiger partial charge is 1.00 e. The molecule has 0 saturated carbocycles. The fourth-order valence-corrected chi connectivity index (χ4v) is 2.97. The topological polar surface area (TPSA) is 34.9 Å². The summed E-state index contributed by atoms with van der Waals surface area (Å²) in [5.41, 5.74) is 2.80. The summed E-state index contributed by atoms with van der Waals surface area (Å²) in [6, 6.07) is 17.3. The second-order valence-corrected chi connectivity index (χ2v) is 5.46. The van der Waals surface area contributed by atoms with Crippen molar-refractivity contribution in [1.82, 2.24) is 9.55 Å². The number of thioether (sulfide) groups is 1. The van der Waals surface area contributed by atoms with Crippen LogP contribution in [0.3, 0.4) is 0 Å². The second-order valence-electron chi connectivity index (χ2n) is 4.52. The van der Waals surface area contributed by atoms with Gasteiger partial charge in [-0.3, -0.25) is 4.79 Å². The van der Waals surface area contributed by atoms with Crippen molar-refractivity contribution in [2.75, 3.05) is 5.75 Å². The Morgan fingerprint density at radius 1 is 1.10 bits per heavy atom. The van der Waals surface area contributed by atoms with Gasteiger partial charge in [-0.2, -0.15) is 0 Å². The summed E-state index contributed by atoms with van der Waals surface area (Å²) >= 11 is 1.48. The van der Waals surface area contributed by atoms with Gasteiger partial charge in [-0.05, 0) is 12.1 Å². The standard InChI is InChI=1S/C16H14N2OS.BrH/c1-18-14-10-6-5-9-13(14)17-16(18)20-11-15(19)12-7-3-2-4-8-12;/h2-10H,11H2,1H3;1H/p-1. The number of rotatable bonds is 4. The highest BCUT2D eigenvalue weighted by molar-refractivity contribution is 7.99. The van der Waals surface area contributed by atoms with Crippen molar-refractivity contribution < 1.29 is 21.8 Å². The van der Waals surface area contributed by atoms with Crippen LogP contribution in [0, 0.1) is 0 Å². The molecular formula is C16H14BrN2OS-. The quantitative estimate of drug-likeness (QED) is 0.502. The zero-order chi connectivity index (χ0) is 13.9. The molecule has 2 aromatic carbocycles. The SMILES string of the molecule is Cn1c(SCC(=O)c2ccccc2)nc2ccccc21.[Br-]. The van der Waals surface area contributed by atoms with E-state index in [9.17, 15) is 4.79 Å². The predicted octanol–water partition coefficient (Wildman–Crippen LogP) is 0.552. The molecule has 3 aromatic rings. The first-order valence-corrected chi connectivity index (χ1v) is 7.37. The molecule has 1 aromatic heterocycles. The molecule has 0 bridgehead atoms. The number of carbonyl (C=O) groups excluding carboxylic acids is 1. The summed E-state index contributed by atoms with van der Waals surface area (Å²) < 4.78 is 2.03. The summed E-state index contributed by atoms with van der Waals surface area (Å²) in [7, 11) is 1.98. The van der Waals surface area contributed by atoms with E-state index in [2.05, 4.69) is 4.98 Å². The minimum Gasteiger partial charge on any atom is -1.00 e. The van der Waals surface area contributed by atoms with Crippen LogP contribution in [0.2, 0.25) is 0 Å². The predicted molar refractivity (Wildman–Crippen MR) is 82.2 cm³/mol. The summed E-state index contributed by atoms with van der Waals surface area (Å²) in [4.78, 5) is 16.6. The summed E-state index contributed by atoms with van der Waals surface area (Å²) in [5, 5.41) is 0.871. The van der Waals surface area contributed by atoms with Crippen LogP contribution in [0.15, 0.2) is 59.8 Å². The molecule has 108 valence electrons. The van der Waals surface area contributed by atoms with E-state index in [1.165, 1.54) is 11.8 Å². The molecular weight excluding hydrogens is 348 g/mol. The van der Waals surface area contributed by atoms with Gasteiger partial charge in [-0.1, -0.05) is 54.2 Å². The second kappa shape index (κ2) is 6.91. The monoisotopic (exact) mass is 361 g/mol. The van der Waals surface area contributed by atoms with Crippen molar-refractivity contribution in [3.05, 3.63) is 60.2 Å². The summed E-state index contributed by atoms with van der Waals surface area (Å²) in [5.74, 6) is 0.531. The average Bonchev–Trinajstić information content (AvgIpc) is 2.83. The smallest absolute Gasteiger partial charge is 0.173 e. The van der Waals surface area contributed by atoms with Gasteiger partial charge in [-0.25, -0.2) is 4.98 Å². The molecule has 0 amide bonds. The number of halogens is 1. The molecule has 21 heavy (non-hydrogen) atoms. The van der Waals surface area contributed by atoms with Gasteiger partial charge in [0.25, 0.3) is 0 Å². The van der Waals surface area contributed by atoms with E-state index >= 15 is 0 Å². The minimum absolute atomic E-state index is 0. The maximum Gasteiger partial charge on any atom is 0.173 e. The highest BCUT2D eigenvalue weighted by atomic mass is 79.9. The number of fused-ring (bicyclic) bond motifs is 1. The van der Waals surface area contributed by atoms with E-state index in [1.54, 1.807) is 0 Å². The highest BCUT2D eigenvalue weighted by Gasteiger charge is 2.11. The van der Waals surface area contributed by atoms with Crippen molar-refractivity contribution in [3.63, 3.8) is 0 Å². The molecule has 3 nitrogen and oxygen atoms in total. The maximum absolute atomic E-state index is 12.1. The van der Waals surface area contributed by atoms with Crippen LogP contribution in [0.5, 0.6) is 0 Å². The van der Waals surface area contributed by atoms with Gasteiger partial charge in [0.05, 0.1) is 16.8 Å². The molecule has 0 spiro atoms. The molecule has 0 atom stereocenters. The maximum atomic E-state index is 12.1. The lowest BCUT2D eigenvalue weighted by Gasteiger charge is -2.02. The molecule has 0 aliphatic rings. The Labute approximate surface area is 138 Å². The van der Waals surface area contributed by atoms with Gasteiger partial charge in [0.15, 0.2) is 10.9 Å². The van der Waals surface area contributed by atoms with E-state index in [4.69, 9.17) is 0 Å². The molecule has 5 heteroatoms. The highest BCUT2D eigenvalue weighted by Crippen LogP contribution is 2.23. The molecule has 0 unspecified atom stereocenters. The Morgan fingerprint density at radius 3 is 2.48 bits per heavy atom. The van der Waals surface area contributed by atoms with Gasteiger partial charge >= 0.3 is 0 Å². The third-order valence-corrected chi connectivity index (χ3v) is 4.20. The Bertz CT molecular complexity index is 755. The number of aryl methyl sites for hydroxylation is 1. The number of hydrogen-bond donors (Lipinski definition) is 0. The summed E-state index contributed by atoms with van der Waals surface area (Å²) in [6.07, 6.45) is 0. The van der Waals surface area contributed by atoms with Gasteiger partial charge in [-0.15, -0.1) is 0 Å². The molecule has 1 heterocycles. The van der Waals surface area contributed by atoms with Crippen LogP contribution >= 0.6 is 11.8 Å². The normalized spacial score (nSPS) is 10.3. The number of para-hydroxylation sites is 2. The van der Waals surface area contributed by atoms with Crippen molar-refractivity contribution in [3.8, 4) is 0 Å². The van der Waals surface area contributed by atoms with Gasteiger partial charge in [0, 0.05) is 12.6 Å². The molecule has 0 saturated heterocycles. The molecule has 0 radical (unpaired) electrons. The fourth-order valence-electron chi connectivity index (χ4n) is 2.09. The van der Waals surface area contributed by atoms with Crippen molar-refractivity contribution in [2.45, 2.75) is 5.16 Å². The lowest BCUT2D eigenvalue weighted by Crippen LogP contribution is -3.00. The minimum atomic E-state index is 0. The number of carbonyl (C=O) groups is 1. The van der Waals surface area contributed by atoms with Crippen molar-refractivity contribution in [1.29, 1.82) is 0 Å². The number of aromatic nitrogens is 2. The fraction of sp³-hybridized carbons (Fsp3) is 0.125. The van der Waals surface area contributed by atoms with Crippen LogP contribution in [-0.4, -0.2) is 21.1 Å². The van der Waals surface area contributed by atoms with E-state index < -0.39 is 0 Å². The van der Waals surface area contributed by atoms with Gasteiger partial charge in [0.1, 0.15) is 0 Å². The van der Waals surface area contributed by atoms with Gasteiger partial charge < -0.3 is 21.5 Å². The molecule has 0 N–H and O–H groups in total. The van der Waals surface area contributed by atoms with E-state index in [0.29, 0.717) is 5.75 Å². The number of Topliss-reactive ketones (excluding diaryl/α,β-unsaturated/α-hetero) is 1. The number of benzene rings is 2. The first-order valence-electron chi connectivity index (χ1n) is 6.38.